The Morgan fingerprint density at radius 2 is 1.76 bits per heavy atom. The Morgan fingerprint density at radius 3 is 2.32 bits per heavy atom. The van der Waals surface area contributed by atoms with Gasteiger partial charge in [0.25, 0.3) is 0 Å². The fourth-order valence-corrected chi connectivity index (χ4v) is 3.15. The average molecular weight is 359 g/mol. The molecule has 0 unspecified atom stereocenters. The largest absolute Gasteiger partial charge is 0.423 e. The van der Waals surface area contributed by atoms with Crippen LogP contribution in [0.25, 0.3) is 6.08 Å². The van der Waals surface area contributed by atoms with E-state index < -0.39 is 16.0 Å². The van der Waals surface area contributed by atoms with Gasteiger partial charge in [-0.2, -0.15) is 0 Å². The number of esters is 1. The second-order valence-corrected chi connectivity index (χ2v) is 7.21. The van der Waals surface area contributed by atoms with Crippen LogP contribution in [0.1, 0.15) is 35.7 Å². The van der Waals surface area contributed by atoms with Crippen molar-refractivity contribution < 1.29 is 17.9 Å². The molecule has 2 rings (SSSR count). The van der Waals surface area contributed by atoms with E-state index in [-0.39, 0.29) is 10.6 Å². The van der Waals surface area contributed by atoms with Gasteiger partial charge >= 0.3 is 5.97 Å². The van der Waals surface area contributed by atoms with Crippen LogP contribution in [0.4, 0.5) is 0 Å². The number of carbonyl (C=O) groups is 1. The highest BCUT2D eigenvalue weighted by Crippen LogP contribution is 2.17. The monoisotopic (exact) mass is 359 g/mol. The molecule has 0 saturated heterocycles. The number of rotatable bonds is 8. The molecular formula is C19H21NO4S. The predicted molar refractivity (Wildman–Crippen MR) is 98.0 cm³/mol. The van der Waals surface area contributed by atoms with Gasteiger partial charge in [-0.1, -0.05) is 38.1 Å². The zero-order chi connectivity index (χ0) is 18.3. The Balaban J connectivity index is 2.04. The summed E-state index contributed by atoms with van der Waals surface area (Å²) in [5.74, 6) is -0.224. The van der Waals surface area contributed by atoms with Crippen molar-refractivity contribution in [3.63, 3.8) is 0 Å². The highest BCUT2D eigenvalue weighted by molar-refractivity contribution is 7.89. The zero-order valence-electron chi connectivity index (χ0n) is 14.1. The van der Waals surface area contributed by atoms with Crippen LogP contribution < -0.4 is 9.46 Å². The second-order valence-electron chi connectivity index (χ2n) is 5.44. The van der Waals surface area contributed by atoms with Crippen molar-refractivity contribution >= 4 is 22.1 Å². The maximum Gasteiger partial charge on any atom is 0.343 e. The van der Waals surface area contributed by atoms with Gasteiger partial charge in [-0.25, -0.2) is 17.9 Å². The minimum atomic E-state index is -3.54. The molecule has 0 aliphatic rings. The molecule has 132 valence electrons. The van der Waals surface area contributed by atoms with Gasteiger partial charge < -0.3 is 4.74 Å². The van der Waals surface area contributed by atoms with E-state index in [2.05, 4.69) is 11.3 Å². The number of hydrogen-bond donors (Lipinski definition) is 1. The number of carbonyl (C=O) groups excluding carboxylic acids is 1. The molecule has 0 fully saturated rings. The highest BCUT2D eigenvalue weighted by Gasteiger charge is 2.14. The first-order valence-corrected chi connectivity index (χ1v) is 9.49. The highest BCUT2D eigenvalue weighted by atomic mass is 32.2. The van der Waals surface area contributed by atoms with Gasteiger partial charge in [0.2, 0.25) is 10.0 Å². The van der Waals surface area contributed by atoms with Gasteiger partial charge in [0, 0.05) is 6.54 Å². The Morgan fingerprint density at radius 1 is 1.12 bits per heavy atom. The van der Waals surface area contributed by atoms with E-state index >= 15 is 0 Å². The van der Waals surface area contributed by atoms with Crippen molar-refractivity contribution in [3.8, 4) is 5.75 Å². The van der Waals surface area contributed by atoms with E-state index in [0.29, 0.717) is 12.1 Å². The fourth-order valence-electron chi connectivity index (χ4n) is 2.07. The standard InChI is InChI=1S/C19H21NO4S/c1-3-5-14-20-25(22,23)18-12-10-17(11-13-18)24-19(21)16-8-6-15(4-2)7-9-16/h4,6-13,20H,2-3,5,14H2,1H3. The minimum absolute atomic E-state index is 0.138. The van der Waals surface area contributed by atoms with Crippen LogP contribution in [-0.2, 0) is 10.0 Å². The molecule has 0 saturated carbocycles. The molecule has 0 atom stereocenters. The van der Waals surface area contributed by atoms with Crippen LogP contribution >= 0.6 is 0 Å². The first kappa shape index (κ1) is 18.9. The molecule has 0 aromatic heterocycles. The molecule has 0 heterocycles. The van der Waals surface area contributed by atoms with Gasteiger partial charge in [-0.05, 0) is 48.4 Å². The molecule has 0 amide bonds. The molecular weight excluding hydrogens is 338 g/mol. The maximum absolute atomic E-state index is 12.1. The molecule has 6 heteroatoms. The van der Waals surface area contributed by atoms with E-state index in [1.54, 1.807) is 30.3 Å². The van der Waals surface area contributed by atoms with Crippen LogP contribution in [0.2, 0.25) is 0 Å². The van der Waals surface area contributed by atoms with Crippen molar-refractivity contribution in [2.75, 3.05) is 6.54 Å². The van der Waals surface area contributed by atoms with E-state index in [1.807, 2.05) is 6.92 Å². The first-order chi connectivity index (χ1) is 12.0. The molecule has 2 aromatic rings. The Kier molecular flexibility index (Phi) is 6.50. The van der Waals surface area contributed by atoms with Crippen LogP contribution in [0.3, 0.4) is 0 Å². The molecule has 0 aliphatic carbocycles. The molecule has 0 radical (unpaired) electrons. The summed E-state index contributed by atoms with van der Waals surface area (Å²) in [6, 6.07) is 12.6. The first-order valence-electron chi connectivity index (χ1n) is 8.00. The number of sulfonamides is 1. The lowest BCUT2D eigenvalue weighted by atomic mass is 10.1. The summed E-state index contributed by atoms with van der Waals surface area (Å²) in [5, 5.41) is 0. The van der Waals surface area contributed by atoms with Crippen LogP contribution in [0, 0.1) is 0 Å². The number of benzene rings is 2. The van der Waals surface area contributed by atoms with Crippen LogP contribution in [0.5, 0.6) is 5.75 Å². The fraction of sp³-hybridized carbons (Fsp3) is 0.211. The average Bonchev–Trinajstić information content (AvgIpc) is 2.62. The van der Waals surface area contributed by atoms with Crippen molar-refractivity contribution in [3.05, 3.63) is 66.2 Å². The summed E-state index contributed by atoms with van der Waals surface area (Å²) >= 11 is 0. The van der Waals surface area contributed by atoms with Gasteiger partial charge in [-0.15, -0.1) is 0 Å². The molecule has 0 spiro atoms. The summed E-state index contributed by atoms with van der Waals surface area (Å²) < 4.78 is 32.0. The molecule has 5 nitrogen and oxygen atoms in total. The molecule has 25 heavy (non-hydrogen) atoms. The third-order valence-electron chi connectivity index (χ3n) is 3.55. The third kappa shape index (κ3) is 5.27. The quantitative estimate of drug-likeness (QED) is 0.444. The molecule has 0 aliphatic heterocycles. The van der Waals surface area contributed by atoms with Gasteiger partial charge in [0.1, 0.15) is 5.75 Å². The Bertz CT molecular complexity index is 825. The van der Waals surface area contributed by atoms with Crippen molar-refractivity contribution in [2.45, 2.75) is 24.7 Å². The lowest BCUT2D eigenvalue weighted by Gasteiger charge is -2.08. The van der Waals surface area contributed by atoms with E-state index in [0.717, 1.165) is 18.4 Å². The second kappa shape index (κ2) is 8.60. The molecule has 1 N–H and O–H groups in total. The lowest BCUT2D eigenvalue weighted by molar-refractivity contribution is 0.0734. The normalized spacial score (nSPS) is 11.1. The smallest absolute Gasteiger partial charge is 0.343 e. The van der Waals surface area contributed by atoms with E-state index in [9.17, 15) is 13.2 Å². The lowest BCUT2D eigenvalue weighted by Crippen LogP contribution is -2.24. The van der Waals surface area contributed by atoms with Gasteiger partial charge in [0.05, 0.1) is 10.5 Å². The van der Waals surface area contributed by atoms with Crippen molar-refractivity contribution in [2.24, 2.45) is 0 Å². The Labute approximate surface area is 148 Å². The number of hydrogen-bond acceptors (Lipinski definition) is 4. The van der Waals surface area contributed by atoms with E-state index in [1.165, 1.54) is 24.3 Å². The van der Waals surface area contributed by atoms with Crippen molar-refractivity contribution in [1.29, 1.82) is 0 Å². The van der Waals surface area contributed by atoms with E-state index in [4.69, 9.17) is 4.74 Å². The number of nitrogens with one attached hydrogen (secondary N) is 1. The summed E-state index contributed by atoms with van der Waals surface area (Å²) in [5.41, 5.74) is 1.31. The third-order valence-corrected chi connectivity index (χ3v) is 5.03. The summed E-state index contributed by atoms with van der Waals surface area (Å²) in [6.45, 7) is 6.04. The van der Waals surface area contributed by atoms with Crippen LogP contribution in [-0.4, -0.2) is 20.9 Å². The van der Waals surface area contributed by atoms with Gasteiger partial charge in [-0.3, -0.25) is 0 Å². The summed E-state index contributed by atoms with van der Waals surface area (Å²) in [4.78, 5) is 12.2. The maximum atomic E-state index is 12.1. The van der Waals surface area contributed by atoms with Crippen LogP contribution in [0.15, 0.2) is 60.0 Å². The number of ether oxygens (including phenoxy) is 1. The topological polar surface area (TPSA) is 72.5 Å². The minimum Gasteiger partial charge on any atom is -0.423 e. The summed E-state index contributed by atoms with van der Waals surface area (Å²) in [6.07, 6.45) is 3.37. The van der Waals surface area contributed by atoms with Crippen molar-refractivity contribution in [1.82, 2.24) is 4.72 Å². The van der Waals surface area contributed by atoms with Gasteiger partial charge in [0.15, 0.2) is 0 Å². The molecule has 0 bridgehead atoms. The predicted octanol–water partition coefficient (Wildman–Crippen LogP) is 3.63. The Hall–Kier alpha value is -2.44. The zero-order valence-corrected chi connectivity index (χ0v) is 14.9. The SMILES string of the molecule is C=Cc1ccc(C(=O)Oc2ccc(S(=O)(=O)NCCCC)cc2)cc1. The molecule has 2 aromatic carbocycles. The number of unbranched alkanes of at least 4 members (excludes halogenated alkanes) is 1. The summed E-state index contributed by atoms with van der Waals surface area (Å²) in [7, 11) is -3.54.